The minimum Gasteiger partial charge on any atom is -0.381 e. The van der Waals surface area contributed by atoms with Crippen molar-refractivity contribution in [2.24, 2.45) is 11.8 Å². The molecule has 4 nitrogen and oxygen atoms in total. The van der Waals surface area contributed by atoms with Gasteiger partial charge in [0, 0.05) is 19.2 Å². The van der Waals surface area contributed by atoms with E-state index in [1.165, 1.54) is 0 Å². The molecule has 2 aliphatic rings. The van der Waals surface area contributed by atoms with Gasteiger partial charge >= 0.3 is 0 Å². The van der Waals surface area contributed by atoms with E-state index in [2.05, 4.69) is 17.6 Å². The lowest BCUT2D eigenvalue weighted by molar-refractivity contribution is -0.125. The number of carbonyl (C=O) groups excluding carboxylic acids is 1. The van der Waals surface area contributed by atoms with Gasteiger partial charge in [0.25, 0.3) is 0 Å². The van der Waals surface area contributed by atoms with Crippen LogP contribution in [0, 0.1) is 11.8 Å². The Kier molecular flexibility index (Phi) is 3.59. The van der Waals surface area contributed by atoms with E-state index in [0.29, 0.717) is 18.6 Å². The summed E-state index contributed by atoms with van der Waals surface area (Å²) in [5, 5.41) is 6.44. The Morgan fingerprint density at radius 1 is 1.47 bits per heavy atom. The Balaban J connectivity index is 1.77. The summed E-state index contributed by atoms with van der Waals surface area (Å²) in [4.78, 5) is 11.8. The summed E-state index contributed by atoms with van der Waals surface area (Å²) < 4.78 is 5.21. The molecule has 2 heterocycles. The quantitative estimate of drug-likeness (QED) is 0.684. The summed E-state index contributed by atoms with van der Waals surface area (Å²) in [7, 11) is 0. The number of rotatable bonds is 2. The third-order valence-corrected chi connectivity index (χ3v) is 3.22. The molecule has 2 fully saturated rings. The van der Waals surface area contributed by atoms with Crippen LogP contribution in [0.25, 0.3) is 0 Å². The molecule has 0 aromatic rings. The van der Waals surface area contributed by atoms with Crippen molar-refractivity contribution in [2.45, 2.75) is 25.8 Å². The van der Waals surface area contributed by atoms with Crippen LogP contribution in [0.2, 0.25) is 0 Å². The van der Waals surface area contributed by atoms with Gasteiger partial charge in [-0.25, -0.2) is 0 Å². The first kappa shape index (κ1) is 10.9. The van der Waals surface area contributed by atoms with E-state index >= 15 is 0 Å². The first-order valence-corrected chi connectivity index (χ1v) is 5.84. The Morgan fingerprint density at radius 3 is 3.00 bits per heavy atom. The minimum absolute atomic E-state index is 0.0854. The predicted molar refractivity (Wildman–Crippen MR) is 57.5 cm³/mol. The van der Waals surface area contributed by atoms with Crippen LogP contribution in [-0.4, -0.2) is 38.3 Å². The maximum absolute atomic E-state index is 11.8. The zero-order valence-corrected chi connectivity index (χ0v) is 9.29. The molecule has 1 amide bonds. The lowest BCUT2D eigenvalue weighted by atomic mass is 9.97. The van der Waals surface area contributed by atoms with Crippen LogP contribution in [0.5, 0.6) is 0 Å². The number of hydrogen-bond donors (Lipinski definition) is 2. The normalized spacial score (nSPS) is 36.5. The minimum atomic E-state index is 0.0854. The molecule has 3 atom stereocenters. The SMILES string of the molecule is CC1CNCC(NC(=O)C2CCOC2)C1. The van der Waals surface area contributed by atoms with Crippen molar-refractivity contribution in [3.05, 3.63) is 0 Å². The molecule has 0 aromatic carbocycles. The van der Waals surface area contributed by atoms with Crippen molar-refractivity contribution in [3.8, 4) is 0 Å². The molecule has 2 saturated heterocycles. The summed E-state index contributed by atoms with van der Waals surface area (Å²) in [5.74, 6) is 0.916. The largest absolute Gasteiger partial charge is 0.381 e. The highest BCUT2D eigenvalue weighted by atomic mass is 16.5. The molecule has 0 bridgehead atoms. The molecule has 3 unspecified atom stereocenters. The highest BCUT2D eigenvalue weighted by Gasteiger charge is 2.27. The maximum Gasteiger partial charge on any atom is 0.225 e. The van der Waals surface area contributed by atoms with Gasteiger partial charge in [0.1, 0.15) is 0 Å². The number of ether oxygens (including phenoxy) is 1. The molecule has 2 rings (SSSR count). The summed E-state index contributed by atoms with van der Waals surface area (Å²) in [6.45, 7) is 5.52. The number of piperidine rings is 1. The van der Waals surface area contributed by atoms with Crippen molar-refractivity contribution < 1.29 is 9.53 Å². The van der Waals surface area contributed by atoms with Crippen molar-refractivity contribution >= 4 is 5.91 Å². The van der Waals surface area contributed by atoms with Gasteiger partial charge in [-0.3, -0.25) is 4.79 Å². The molecular formula is C11H20N2O2. The van der Waals surface area contributed by atoms with Crippen LogP contribution >= 0.6 is 0 Å². The summed E-state index contributed by atoms with van der Waals surface area (Å²) >= 11 is 0. The highest BCUT2D eigenvalue weighted by molar-refractivity contribution is 5.79. The van der Waals surface area contributed by atoms with Crippen molar-refractivity contribution in [2.75, 3.05) is 26.3 Å². The molecule has 4 heteroatoms. The lowest BCUT2D eigenvalue weighted by Gasteiger charge is -2.29. The Morgan fingerprint density at radius 2 is 2.33 bits per heavy atom. The van der Waals surface area contributed by atoms with Gasteiger partial charge in [0.05, 0.1) is 12.5 Å². The zero-order chi connectivity index (χ0) is 10.7. The third-order valence-electron chi connectivity index (χ3n) is 3.22. The molecule has 2 aliphatic heterocycles. The van der Waals surface area contributed by atoms with Crippen LogP contribution in [0.15, 0.2) is 0 Å². The first-order valence-electron chi connectivity index (χ1n) is 5.84. The van der Waals surface area contributed by atoms with E-state index in [0.717, 1.165) is 32.5 Å². The number of carbonyl (C=O) groups is 1. The van der Waals surface area contributed by atoms with Gasteiger partial charge < -0.3 is 15.4 Å². The first-order chi connectivity index (χ1) is 7.25. The molecular weight excluding hydrogens is 192 g/mol. The van der Waals surface area contributed by atoms with E-state index in [1.807, 2.05) is 0 Å². The molecule has 0 aromatic heterocycles. The molecule has 0 saturated carbocycles. The molecule has 0 radical (unpaired) electrons. The number of nitrogens with one attached hydrogen (secondary N) is 2. The van der Waals surface area contributed by atoms with E-state index in [1.54, 1.807) is 0 Å². The summed E-state index contributed by atoms with van der Waals surface area (Å²) in [5.41, 5.74) is 0. The van der Waals surface area contributed by atoms with E-state index in [9.17, 15) is 4.79 Å². The summed E-state index contributed by atoms with van der Waals surface area (Å²) in [6.07, 6.45) is 1.97. The molecule has 86 valence electrons. The average molecular weight is 212 g/mol. The Bertz CT molecular complexity index is 227. The van der Waals surface area contributed by atoms with Gasteiger partial charge in [-0.1, -0.05) is 6.92 Å². The second-order valence-electron chi connectivity index (χ2n) is 4.77. The van der Waals surface area contributed by atoms with Crippen molar-refractivity contribution in [3.63, 3.8) is 0 Å². The second-order valence-corrected chi connectivity index (χ2v) is 4.77. The van der Waals surface area contributed by atoms with E-state index < -0.39 is 0 Å². The number of amides is 1. The van der Waals surface area contributed by atoms with Gasteiger partial charge in [-0.15, -0.1) is 0 Å². The second kappa shape index (κ2) is 4.94. The van der Waals surface area contributed by atoms with Crippen molar-refractivity contribution in [1.82, 2.24) is 10.6 Å². The standard InChI is InChI=1S/C11H20N2O2/c1-8-4-10(6-12-5-8)13-11(14)9-2-3-15-7-9/h8-10,12H,2-7H2,1H3,(H,13,14). The van der Waals surface area contributed by atoms with Crippen LogP contribution < -0.4 is 10.6 Å². The van der Waals surface area contributed by atoms with Gasteiger partial charge in [0.15, 0.2) is 0 Å². The molecule has 2 N–H and O–H groups in total. The fourth-order valence-corrected chi connectivity index (χ4v) is 2.33. The molecule has 0 aliphatic carbocycles. The topological polar surface area (TPSA) is 50.4 Å². The smallest absolute Gasteiger partial charge is 0.225 e. The molecule has 0 spiro atoms. The third kappa shape index (κ3) is 2.92. The zero-order valence-electron chi connectivity index (χ0n) is 9.29. The predicted octanol–water partition coefficient (Wildman–Crippen LogP) is 0.137. The van der Waals surface area contributed by atoms with Gasteiger partial charge in [-0.2, -0.15) is 0 Å². The van der Waals surface area contributed by atoms with Gasteiger partial charge in [0.2, 0.25) is 5.91 Å². The van der Waals surface area contributed by atoms with E-state index in [4.69, 9.17) is 4.74 Å². The van der Waals surface area contributed by atoms with Crippen LogP contribution in [0.1, 0.15) is 19.8 Å². The van der Waals surface area contributed by atoms with Crippen LogP contribution in [-0.2, 0) is 9.53 Å². The molecule has 15 heavy (non-hydrogen) atoms. The fourth-order valence-electron chi connectivity index (χ4n) is 2.33. The summed E-state index contributed by atoms with van der Waals surface area (Å²) in [6, 6.07) is 0.307. The van der Waals surface area contributed by atoms with Gasteiger partial charge in [-0.05, 0) is 25.3 Å². The lowest BCUT2D eigenvalue weighted by Crippen LogP contribution is -2.49. The average Bonchev–Trinajstić information content (AvgIpc) is 2.70. The monoisotopic (exact) mass is 212 g/mol. The number of hydrogen-bond acceptors (Lipinski definition) is 3. The van der Waals surface area contributed by atoms with Crippen LogP contribution in [0.3, 0.4) is 0 Å². The van der Waals surface area contributed by atoms with Crippen LogP contribution in [0.4, 0.5) is 0 Å². The fraction of sp³-hybridized carbons (Fsp3) is 0.909. The maximum atomic E-state index is 11.8. The van der Waals surface area contributed by atoms with Crippen molar-refractivity contribution in [1.29, 1.82) is 0 Å². The highest BCUT2D eigenvalue weighted by Crippen LogP contribution is 2.14. The Labute approximate surface area is 90.8 Å². The Hall–Kier alpha value is -0.610. The van der Waals surface area contributed by atoms with E-state index in [-0.39, 0.29) is 11.8 Å².